The smallest absolute Gasteiger partial charge is 0.220 e. The maximum Gasteiger partial charge on any atom is 0.220 e. The molecular weight excluding hydrogens is 304 g/mol. The van der Waals surface area contributed by atoms with E-state index in [1.54, 1.807) is 0 Å². The summed E-state index contributed by atoms with van der Waals surface area (Å²) in [5, 5.41) is 4.58. The van der Waals surface area contributed by atoms with Crippen molar-refractivity contribution >= 4 is 5.95 Å². The third kappa shape index (κ3) is 2.78. The SMILES string of the molecule is CCn1ccc(CN2CCC3(CC2)OCCc2cnc(N)nc23)n1. The molecule has 2 aliphatic heterocycles. The van der Waals surface area contributed by atoms with Gasteiger partial charge in [0, 0.05) is 38.6 Å². The summed E-state index contributed by atoms with van der Waals surface area (Å²) in [7, 11) is 0. The third-order valence-corrected chi connectivity index (χ3v) is 5.13. The first-order chi connectivity index (χ1) is 11.7. The highest BCUT2D eigenvalue weighted by molar-refractivity contribution is 5.32. The number of aryl methyl sites for hydroxylation is 1. The standard InChI is InChI=1S/C17H24N6O/c1-2-23-7-3-14(21-23)12-22-8-5-17(6-9-22)15-13(4-10-24-17)11-19-16(18)20-15/h3,7,11H,2,4-6,8-10,12H2,1H3,(H2,18,19,20). The summed E-state index contributed by atoms with van der Waals surface area (Å²) in [5.41, 5.74) is 8.86. The van der Waals surface area contributed by atoms with Crippen LogP contribution in [0.25, 0.3) is 0 Å². The molecule has 4 rings (SSSR count). The predicted octanol–water partition coefficient (Wildman–Crippen LogP) is 1.34. The molecule has 0 bridgehead atoms. The minimum atomic E-state index is -0.288. The molecular formula is C17H24N6O. The highest BCUT2D eigenvalue weighted by Gasteiger charge is 2.42. The van der Waals surface area contributed by atoms with Crippen LogP contribution < -0.4 is 5.73 Å². The summed E-state index contributed by atoms with van der Waals surface area (Å²) >= 11 is 0. The van der Waals surface area contributed by atoms with Crippen molar-refractivity contribution in [1.29, 1.82) is 0 Å². The number of hydrogen-bond donors (Lipinski definition) is 1. The molecule has 1 spiro atoms. The molecule has 2 N–H and O–H groups in total. The summed E-state index contributed by atoms with van der Waals surface area (Å²) in [4.78, 5) is 11.1. The number of nitrogens with two attached hydrogens (primary N) is 1. The number of aromatic nitrogens is 4. The molecule has 128 valence electrons. The van der Waals surface area contributed by atoms with Crippen LogP contribution in [0.2, 0.25) is 0 Å². The van der Waals surface area contributed by atoms with E-state index in [0.29, 0.717) is 5.95 Å². The lowest BCUT2D eigenvalue weighted by Crippen LogP contribution is -2.47. The first-order valence-electron chi connectivity index (χ1n) is 8.69. The molecule has 0 atom stereocenters. The molecule has 0 unspecified atom stereocenters. The van der Waals surface area contributed by atoms with Crippen LogP contribution >= 0.6 is 0 Å². The van der Waals surface area contributed by atoms with Crippen LogP contribution in [-0.2, 0) is 29.8 Å². The fraction of sp³-hybridized carbons (Fsp3) is 0.588. The largest absolute Gasteiger partial charge is 0.368 e. The van der Waals surface area contributed by atoms with Crippen LogP contribution in [0.5, 0.6) is 0 Å². The summed E-state index contributed by atoms with van der Waals surface area (Å²) in [6.07, 6.45) is 6.65. The van der Waals surface area contributed by atoms with Gasteiger partial charge in [0.15, 0.2) is 0 Å². The van der Waals surface area contributed by atoms with E-state index in [2.05, 4.69) is 33.0 Å². The van der Waals surface area contributed by atoms with Crippen molar-refractivity contribution in [2.45, 2.75) is 44.9 Å². The van der Waals surface area contributed by atoms with Crippen molar-refractivity contribution in [3.8, 4) is 0 Å². The summed E-state index contributed by atoms with van der Waals surface area (Å²) in [5.74, 6) is 0.339. The predicted molar refractivity (Wildman–Crippen MR) is 90.2 cm³/mol. The number of rotatable bonds is 3. The van der Waals surface area contributed by atoms with Gasteiger partial charge in [-0.15, -0.1) is 0 Å². The van der Waals surface area contributed by atoms with Gasteiger partial charge in [-0.2, -0.15) is 5.10 Å². The quantitative estimate of drug-likeness (QED) is 0.915. The summed E-state index contributed by atoms with van der Waals surface area (Å²) in [6, 6.07) is 2.11. The molecule has 7 nitrogen and oxygen atoms in total. The number of nitrogens with zero attached hydrogens (tertiary/aromatic N) is 5. The van der Waals surface area contributed by atoms with Crippen molar-refractivity contribution in [3.05, 3.63) is 35.4 Å². The molecule has 0 saturated carbocycles. The number of nitrogen functional groups attached to an aromatic ring is 1. The van der Waals surface area contributed by atoms with E-state index in [0.717, 1.165) is 63.4 Å². The Labute approximate surface area is 141 Å². The van der Waals surface area contributed by atoms with Gasteiger partial charge in [0.2, 0.25) is 5.95 Å². The Morgan fingerprint density at radius 1 is 1.33 bits per heavy atom. The molecule has 1 saturated heterocycles. The van der Waals surface area contributed by atoms with Gasteiger partial charge in [0.25, 0.3) is 0 Å². The Morgan fingerprint density at radius 3 is 2.92 bits per heavy atom. The highest BCUT2D eigenvalue weighted by atomic mass is 16.5. The molecule has 7 heteroatoms. The van der Waals surface area contributed by atoms with Crippen molar-refractivity contribution in [1.82, 2.24) is 24.6 Å². The van der Waals surface area contributed by atoms with Gasteiger partial charge in [-0.25, -0.2) is 9.97 Å². The number of fused-ring (bicyclic) bond motifs is 2. The first kappa shape index (κ1) is 15.5. The number of anilines is 1. The van der Waals surface area contributed by atoms with Crippen molar-refractivity contribution in [2.24, 2.45) is 0 Å². The van der Waals surface area contributed by atoms with E-state index in [9.17, 15) is 0 Å². The number of likely N-dealkylation sites (tertiary alicyclic amines) is 1. The van der Waals surface area contributed by atoms with E-state index in [-0.39, 0.29) is 5.60 Å². The van der Waals surface area contributed by atoms with Crippen LogP contribution in [0, 0.1) is 0 Å². The second-order valence-electron chi connectivity index (χ2n) is 6.63. The fourth-order valence-corrected chi connectivity index (χ4v) is 3.77. The molecule has 0 amide bonds. The monoisotopic (exact) mass is 328 g/mol. The summed E-state index contributed by atoms with van der Waals surface area (Å²) in [6.45, 7) is 6.59. The zero-order valence-corrected chi connectivity index (χ0v) is 14.1. The van der Waals surface area contributed by atoms with Gasteiger partial charge < -0.3 is 10.5 Å². The van der Waals surface area contributed by atoms with Crippen LogP contribution in [-0.4, -0.2) is 44.3 Å². The van der Waals surface area contributed by atoms with E-state index in [1.165, 1.54) is 5.56 Å². The van der Waals surface area contributed by atoms with E-state index >= 15 is 0 Å². The second-order valence-corrected chi connectivity index (χ2v) is 6.63. The molecule has 0 aromatic carbocycles. The molecule has 2 aromatic heterocycles. The van der Waals surface area contributed by atoms with Crippen LogP contribution in [0.3, 0.4) is 0 Å². The Bertz CT molecular complexity index is 720. The fourth-order valence-electron chi connectivity index (χ4n) is 3.77. The maximum atomic E-state index is 6.22. The Morgan fingerprint density at radius 2 is 2.17 bits per heavy atom. The lowest BCUT2D eigenvalue weighted by Gasteiger charge is -2.43. The molecule has 2 aromatic rings. The van der Waals surface area contributed by atoms with Gasteiger partial charge in [-0.05, 0) is 37.8 Å². The van der Waals surface area contributed by atoms with Crippen LogP contribution in [0.4, 0.5) is 5.95 Å². The van der Waals surface area contributed by atoms with Crippen molar-refractivity contribution in [2.75, 3.05) is 25.4 Å². The van der Waals surface area contributed by atoms with E-state index < -0.39 is 0 Å². The molecule has 1 fully saturated rings. The normalized spacial score (nSPS) is 20.2. The topological polar surface area (TPSA) is 82.1 Å². The molecule has 24 heavy (non-hydrogen) atoms. The van der Waals surface area contributed by atoms with Gasteiger partial charge in [-0.1, -0.05) is 0 Å². The highest BCUT2D eigenvalue weighted by Crippen LogP contribution is 2.40. The number of hydrogen-bond acceptors (Lipinski definition) is 6. The lowest BCUT2D eigenvalue weighted by atomic mass is 9.83. The Balaban J connectivity index is 1.47. The average Bonchev–Trinajstić information content (AvgIpc) is 3.06. The van der Waals surface area contributed by atoms with Gasteiger partial charge in [-0.3, -0.25) is 9.58 Å². The zero-order valence-electron chi connectivity index (χ0n) is 14.1. The van der Waals surface area contributed by atoms with Gasteiger partial charge in [0.05, 0.1) is 18.0 Å². The minimum Gasteiger partial charge on any atom is -0.368 e. The van der Waals surface area contributed by atoms with Gasteiger partial charge >= 0.3 is 0 Å². The van der Waals surface area contributed by atoms with Gasteiger partial charge in [0.1, 0.15) is 5.60 Å². The van der Waals surface area contributed by atoms with E-state index in [4.69, 9.17) is 10.5 Å². The van der Waals surface area contributed by atoms with Crippen LogP contribution in [0.1, 0.15) is 36.7 Å². The van der Waals surface area contributed by atoms with Crippen molar-refractivity contribution < 1.29 is 4.74 Å². The minimum absolute atomic E-state index is 0.288. The third-order valence-electron chi connectivity index (χ3n) is 5.13. The summed E-state index contributed by atoms with van der Waals surface area (Å²) < 4.78 is 8.19. The Kier molecular flexibility index (Phi) is 3.97. The van der Waals surface area contributed by atoms with E-state index in [1.807, 2.05) is 17.1 Å². The molecule has 0 radical (unpaired) electrons. The molecule has 4 heterocycles. The average molecular weight is 328 g/mol. The number of ether oxygens (including phenoxy) is 1. The van der Waals surface area contributed by atoms with Crippen molar-refractivity contribution in [3.63, 3.8) is 0 Å². The zero-order chi connectivity index (χ0) is 16.6. The lowest BCUT2D eigenvalue weighted by molar-refractivity contribution is -0.102. The second kappa shape index (κ2) is 6.14. The Hall–Kier alpha value is -1.99. The molecule has 0 aliphatic carbocycles. The maximum absolute atomic E-state index is 6.22. The first-order valence-corrected chi connectivity index (χ1v) is 8.69. The number of piperidine rings is 1. The molecule has 2 aliphatic rings. The van der Waals surface area contributed by atoms with Crippen LogP contribution in [0.15, 0.2) is 18.5 Å².